The number of benzene rings is 2. The standard InChI is InChI=1S/C21H21ClN2O4S/c1-2-11-28-17-9-7-16(8-10-17)24-20(26)12-18(21(24)27)29-13-19(25)23-15-5-3-14(22)4-6-15/h3-10,18H,2,11-13H2,1H3,(H,23,25)/t18-/m0/s1. The van der Waals surface area contributed by atoms with E-state index < -0.39 is 5.25 Å². The number of nitrogens with zero attached hydrogens (tertiary/aromatic N) is 1. The predicted molar refractivity (Wildman–Crippen MR) is 116 cm³/mol. The van der Waals surface area contributed by atoms with E-state index in [0.29, 0.717) is 28.8 Å². The van der Waals surface area contributed by atoms with Crippen LogP contribution >= 0.6 is 23.4 Å². The van der Waals surface area contributed by atoms with Crippen LogP contribution in [0.25, 0.3) is 0 Å². The van der Waals surface area contributed by atoms with Gasteiger partial charge in [0.15, 0.2) is 0 Å². The topological polar surface area (TPSA) is 75.7 Å². The maximum absolute atomic E-state index is 12.7. The van der Waals surface area contributed by atoms with E-state index in [9.17, 15) is 14.4 Å². The molecule has 6 nitrogen and oxygen atoms in total. The quantitative estimate of drug-likeness (QED) is 0.634. The molecule has 1 heterocycles. The summed E-state index contributed by atoms with van der Waals surface area (Å²) in [6.07, 6.45) is 0.973. The van der Waals surface area contributed by atoms with Gasteiger partial charge in [0.1, 0.15) is 5.75 Å². The van der Waals surface area contributed by atoms with Gasteiger partial charge in [0.25, 0.3) is 0 Å². The lowest BCUT2D eigenvalue weighted by molar-refractivity contribution is -0.121. The van der Waals surface area contributed by atoms with Gasteiger partial charge in [-0.15, -0.1) is 11.8 Å². The van der Waals surface area contributed by atoms with Crippen LogP contribution in [0.5, 0.6) is 5.75 Å². The molecule has 0 radical (unpaired) electrons. The Morgan fingerprint density at radius 1 is 1.17 bits per heavy atom. The average molecular weight is 433 g/mol. The van der Waals surface area contributed by atoms with E-state index in [-0.39, 0.29) is 29.9 Å². The minimum atomic E-state index is -0.575. The lowest BCUT2D eigenvalue weighted by Gasteiger charge is -2.15. The van der Waals surface area contributed by atoms with E-state index in [2.05, 4.69) is 5.32 Å². The van der Waals surface area contributed by atoms with E-state index in [0.717, 1.165) is 18.2 Å². The van der Waals surface area contributed by atoms with Crippen molar-refractivity contribution in [3.05, 3.63) is 53.6 Å². The molecule has 2 aromatic carbocycles. The predicted octanol–water partition coefficient (Wildman–Crippen LogP) is 4.13. The van der Waals surface area contributed by atoms with Gasteiger partial charge < -0.3 is 10.1 Å². The first-order valence-corrected chi connectivity index (χ1v) is 10.7. The fraction of sp³-hybridized carbons (Fsp3) is 0.286. The van der Waals surface area contributed by atoms with Crippen molar-refractivity contribution in [2.45, 2.75) is 25.0 Å². The lowest BCUT2D eigenvalue weighted by Crippen LogP contribution is -2.31. The summed E-state index contributed by atoms with van der Waals surface area (Å²) in [4.78, 5) is 38.4. The van der Waals surface area contributed by atoms with Crippen LogP contribution in [0, 0.1) is 0 Å². The van der Waals surface area contributed by atoms with Gasteiger partial charge in [-0.1, -0.05) is 18.5 Å². The second-order valence-electron chi connectivity index (χ2n) is 6.47. The van der Waals surface area contributed by atoms with Gasteiger partial charge in [0.2, 0.25) is 17.7 Å². The minimum absolute atomic E-state index is 0.0734. The molecule has 152 valence electrons. The first kappa shape index (κ1) is 21.2. The zero-order chi connectivity index (χ0) is 20.8. The molecule has 0 unspecified atom stereocenters. The summed E-state index contributed by atoms with van der Waals surface area (Å²) in [6, 6.07) is 13.6. The molecule has 0 aliphatic carbocycles. The van der Waals surface area contributed by atoms with Crippen LogP contribution in [0.1, 0.15) is 19.8 Å². The Morgan fingerprint density at radius 2 is 1.86 bits per heavy atom. The number of rotatable bonds is 8. The molecule has 8 heteroatoms. The summed E-state index contributed by atoms with van der Waals surface area (Å²) in [5.74, 6) is -0.0495. The highest BCUT2D eigenvalue weighted by Crippen LogP contribution is 2.30. The number of anilines is 2. The second kappa shape index (κ2) is 9.80. The molecule has 0 bridgehead atoms. The molecule has 3 rings (SSSR count). The highest BCUT2D eigenvalue weighted by atomic mass is 35.5. The molecule has 0 spiro atoms. The zero-order valence-corrected chi connectivity index (χ0v) is 17.5. The molecular formula is C21H21ClN2O4S. The molecule has 2 aromatic rings. The molecule has 0 saturated carbocycles. The Labute approximate surface area is 178 Å². The Hall–Kier alpha value is -2.51. The summed E-state index contributed by atoms with van der Waals surface area (Å²) in [7, 11) is 0. The summed E-state index contributed by atoms with van der Waals surface area (Å²) >= 11 is 6.99. The van der Waals surface area contributed by atoms with Crippen molar-refractivity contribution in [1.29, 1.82) is 0 Å². The van der Waals surface area contributed by atoms with Crippen LogP contribution in [-0.2, 0) is 14.4 Å². The van der Waals surface area contributed by atoms with Crippen LogP contribution in [0.2, 0.25) is 5.02 Å². The van der Waals surface area contributed by atoms with Gasteiger partial charge in [0, 0.05) is 17.1 Å². The fourth-order valence-electron chi connectivity index (χ4n) is 2.82. The number of carbonyl (C=O) groups excluding carboxylic acids is 3. The van der Waals surface area contributed by atoms with Gasteiger partial charge in [-0.2, -0.15) is 0 Å². The molecule has 3 amide bonds. The van der Waals surface area contributed by atoms with E-state index >= 15 is 0 Å². The molecule has 1 N–H and O–H groups in total. The monoisotopic (exact) mass is 432 g/mol. The number of ether oxygens (including phenoxy) is 1. The third-order valence-corrected chi connectivity index (χ3v) is 5.67. The van der Waals surface area contributed by atoms with Crippen LogP contribution in [0.3, 0.4) is 0 Å². The van der Waals surface area contributed by atoms with Crippen molar-refractivity contribution in [3.63, 3.8) is 0 Å². The maximum atomic E-state index is 12.7. The fourth-order valence-corrected chi connectivity index (χ4v) is 3.88. The Kier molecular flexibility index (Phi) is 7.17. The van der Waals surface area contributed by atoms with Crippen molar-refractivity contribution in [2.75, 3.05) is 22.6 Å². The number of nitrogens with one attached hydrogen (secondary N) is 1. The van der Waals surface area contributed by atoms with Crippen molar-refractivity contribution in [1.82, 2.24) is 0 Å². The first-order valence-electron chi connectivity index (χ1n) is 9.24. The molecule has 1 atom stereocenters. The van der Waals surface area contributed by atoms with Gasteiger partial charge in [-0.05, 0) is 55.0 Å². The van der Waals surface area contributed by atoms with Crippen molar-refractivity contribution >= 4 is 52.5 Å². The summed E-state index contributed by atoms with van der Waals surface area (Å²) in [5, 5.41) is 2.75. The summed E-state index contributed by atoms with van der Waals surface area (Å²) in [6.45, 7) is 2.63. The molecule has 1 saturated heterocycles. The third-order valence-electron chi connectivity index (χ3n) is 4.22. The molecule has 0 aromatic heterocycles. The van der Waals surface area contributed by atoms with Gasteiger partial charge in [-0.25, -0.2) is 4.90 Å². The Balaban J connectivity index is 1.55. The van der Waals surface area contributed by atoms with Gasteiger partial charge in [0.05, 0.1) is 23.3 Å². The highest BCUT2D eigenvalue weighted by Gasteiger charge is 2.40. The third kappa shape index (κ3) is 5.52. The number of imide groups is 1. The molecular weight excluding hydrogens is 412 g/mol. The van der Waals surface area contributed by atoms with Crippen molar-refractivity contribution in [2.24, 2.45) is 0 Å². The number of hydrogen-bond donors (Lipinski definition) is 1. The lowest BCUT2D eigenvalue weighted by atomic mass is 10.3. The Morgan fingerprint density at radius 3 is 2.52 bits per heavy atom. The smallest absolute Gasteiger partial charge is 0.247 e. The first-order chi connectivity index (χ1) is 14.0. The number of carbonyl (C=O) groups is 3. The van der Waals surface area contributed by atoms with E-state index in [4.69, 9.17) is 16.3 Å². The summed E-state index contributed by atoms with van der Waals surface area (Å²) < 4.78 is 5.52. The minimum Gasteiger partial charge on any atom is -0.494 e. The van der Waals surface area contributed by atoms with Gasteiger partial charge in [-0.3, -0.25) is 14.4 Å². The van der Waals surface area contributed by atoms with Crippen molar-refractivity contribution < 1.29 is 19.1 Å². The molecule has 29 heavy (non-hydrogen) atoms. The highest BCUT2D eigenvalue weighted by molar-refractivity contribution is 8.01. The number of amides is 3. The van der Waals surface area contributed by atoms with E-state index in [1.54, 1.807) is 48.5 Å². The van der Waals surface area contributed by atoms with Crippen LogP contribution in [0.15, 0.2) is 48.5 Å². The molecule has 1 fully saturated rings. The molecule has 1 aliphatic rings. The van der Waals surface area contributed by atoms with E-state index in [1.807, 2.05) is 6.92 Å². The Bertz CT molecular complexity index is 887. The normalized spacial score (nSPS) is 16.2. The van der Waals surface area contributed by atoms with Gasteiger partial charge >= 0.3 is 0 Å². The second-order valence-corrected chi connectivity index (χ2v) is 8.10. The number of halogens is 1. The number of hydrogen-bond acceptors (Lipinski definition) is 5. The maximum Gasteiger partial charge on any atom is 0.247 e. The van der Waals surface area contributed by atoms with Crippen LogP contribution < -0.4 is 15.0 Å². The summed E-state index contributed by atoms with van der Waals surface area (Å²) in [5.41, 5.74) is 1.14. The zero-order valence-electron chi connectivity index (χ0n) is 15.9. The molecule has 1 aliphatic heterocycles. The van der Waals surface area contributed by atoms with E-state index in [1.165, 1.54) is 4.90 Å². The van der Waals surface area contributed by atoms with Crippen LogP contribution in [-0.4, -0.2) is 35.3 Å². The number of thioether (sulfide) groups is 1. The average Bonchev–Trinajstić information content (AvgIpc) is 3.00. The van der Waals surface area contributed by atoms with Crippen LogP contribution in [0.4, 0.5) is 11.4 Å². The SMILES string of the molecule is CCCOc1ccc(N2C(=O)C[C@H](SCC(=O)Nc3ccc(Cl)cc3)C2=O)cc1. The largest absolute Gasteiger partial charge is 0.494 e. The van der Waals surface area contributed by atoms with Crippen molar-refractivity contribution in [3.8, 4) is 5.75 Å².